The third-order valence-corrected chi connectivity index (χ3v) is 3.91. The second-order valence-corrected chi connectivity index (χ2v) is 5.55. The van der Waals surface area contributed by atoms with Crippen molar-refractivity contribution in [2.75, 3.05) is 6.61 Å². The van der Waals surface area contributed by atoms with Gasteiger partial charge >= 0.3 is 0 Å². The molecule has 0 aliphatic carbocycles. The van der Waals surface area contributed by atoms with Gasteiger partial charge < -0.3 is 9.84 Å². The molecule has 17 heavy (non-hydrogen) atoms. The van der Waals surface area contributed by atoms with Crippen LogP contribution in [0.5, 0.6) is 0 Å². The summed E-state index contributed by atoms with van der Waals surface area (Å²) >= 11 is 12.2. The zero-order valence-electron chi connectivity index (χ0n) is 9.75. The third kappa shape index (κ3) is 3.14. The smallest absolute Gasteiger partial charge is 0.0735 e. The van der Waals surface area contributed by atoms with Crippen molar-refractivity contribution in [2.24, 2.45) is 0 Å². The van der Waals surface area contributed by atoms with Crippen molar-refractivity contribution in [1.29, 1.82) is 0 Å². The first-order chi connectivity index (χ1) is 8.00. The third-order valence-electron chi connectivity index (χ3n) is 3.20. The molecule has 2 rings (SSSR count). The van der Waals surface area contributed by atoms with E-state index in [9.17, 15) is 5.11 Å². The van der Waals surface area contributed by atoms with Crippen LogP contribution in [-0.2, 0) is 11.2 Å². The van der Waals surface area contributed by atoms with Crippen LogP contribution in [0.15, 0.2) is 18.2 Å². The minimum atomic E-state index is -0.758. The molecule has 1 aromatic rings. The zero-order chi connectivity index (χ0) is 12.5. The van der Waals surface area contributed by atoms with Crippen LogP contribution in [0.4, 0.5) is 0 Å². The highest BCUT2D eigenvalue weighted by atomic mass is 35.5. The molecule has 0 amide bonds. The van der Waals surface area contributed by atoms with Crippen LogP contribution in [0.2, 0.25) is 10.0 Å². The highest BCUT2D eigenvalue weighted by Crippen LogP contribution is 2.33. The lowest BCUT2D eigenvalue weighted by atomic mass is 9.85. The van der Waals surface area contributed by atoms with E-state index in [4.69, 9.17) is 27.9 Å². The molecule has 1 N–H and O–H groups in total. The molecule has 1 saturated heterocycles. The maximum Gasteiger partial charge on any atom is 0.0735 e. The van der Waals surface area contributed by atoms with Crippen LogP contribution in [0.25, 0.3) is 0 Å². The SMILES string of the molecule is CC1CC(O)(Cc2c(Cl)cccc2Cl)CCO1. The summed E-state index contributed by atoms with van der Waals surface area (Å²) in [5.41, 5.74) is 0.0687. The monoisotopic (exact) mass is 274 g/mol. The fourth-order valence-electron chi connectivity index (χ4n) is 2.34. The number of halogens is 2. The molecule has 1 heterocycles. The summed E-state index contributed by atoms with van der Waals surface area (Å²) in [5, 5.41) is 11.8. The first kappa shape index (κ1) is 13.2. The van der Waals surface area contributed by atoms with E-state index in [0.717, 1.165) is 5.56 Å². The van der Waals surface area contributed by atoms with Gasteiger partial charge in [-0.15, -0.1) is 0 Å². The fraction of sp³-hybridized carbons (Fsp3) is 0.538. The topological polar surface area (TPSA) is 29.5 Å². The van der Waals surface area contributed by atoms with Crippen LogP contribution in [-0.4, -0.2) is 23.4 Å². The van der Waals surface area contributed by atoms with Gasteiger partial charge in [0.05, 0.1) is 11.7 Å². The van der Waals surface area contributed by atoms with Gasteiger partial charge in [0.15, 0.2) is 0 Å². The Morgan fingerprint density at radius 1 is 1.41 bits per heavy atom. The Kier molecular flexibility index (Phi) is 3.99. The summed E-state index contributed by atoms with van der Waals surface area (Å²) in [7, 11) is 0. The van der Waals surface area contributed by atoms with Crippen molar-refractivity contribution in [2.45, 2.75) is 37.9 Å². The molecule has 2 nitrogen and oxygen atoms in total. The van der Waals surface area contributed by atoms with Gasteiger partial charge in [0.25, 0.3) is 0 Å². The average Bonchev–Trinajstić information content (AvgIpc) is 2.23. The van der Waals surface area contributed by atoms with Crippen molar-refractivity contribution in [3.8, 4) is 0 Å². The molecule has 1 aliphatic heterocycles. The molecule has 1 aromatic carbocycles. The van der Waals surface area contributed by atoms with Gasteiger partial charge in [0, 0.05) is 29.5 Å². The van der Waals surface area contributed by atoms with Crippen molar-refractivity contribution in [1.82, 2.24) is 0 Å². The number of benzene rings is 1. The molecular weight excluding hydrogens is 259 g/mol. The Hall–Kier alpha value is -0.280. The maximum absolute atomic E-state index is 10.5. The zero-order valence-corrected chi connectivity index (χ0v) is 11.3. The summed E-state index contributed by atoms with van der Waals surface area (Å²) in [5.74, 6) is 0. The normalized spacial score (nSPS) is 29.3. The minimum Gasteiger partial charge on any atom is -0.389 e. The van der Waals surface area contributed by atoms with Crippen molar-refractivity contribution >= 4 is 23.2 Å². The van der Waals surface area contributed by atoms with E-state index in [2.05, 4.69) is 0 Å². The Bertz CT molecular complexity index is 388. The summed E-state index contributed by atoms with van der Waals surface area (Å²) < 4.78 is 5.45. The van der Waals surface area contributed by atoms with Crippen LogP contribution >= 0.6 is 23.2 Å². The lowest BCUT2D eigenvalue weighted by molar-refractivity contribution is -0.0961. The van der Waals surface area contributed by atoms with E-state index < -0.39 is 5.60 Å². The molecule has 4 heteroatoms. The van der Waals surface area contributed by atoms with Gasteiger partial charge in [-0.1, -0.05) is 29.3 Å². The van der Waals surface area contributed by atoms with E-state index in [1.807, 2.05) is 13.0 Å². The molecule has 2 atom stereocenters. The van der Waals surface area contributed by atoms with Crippen LogP contribution in [0, 0.1) is 0 Å². The van der Waals surface area contributed by atoms with E-state index in [1.165, 1.54) is 0 Å². The average molecular weight is 275 g/mol. The summed E-state index contributed by atoms with van der Waals surface area (Å²) in [6.07, 6.45) is 1.81. The lowest BCUT2D eigenvalue weighted by Gasteiger charge is -2.36. The van der Waals surface area contributed by atoms with Gasteiger partial charge in [-0.25, -0.2) is 0 Å². The van der Waals surface area contributed by atoms with Crippen LogP contribution in [0.3, 0.4) is 0 Å². The number of ether oxygens (including phenoxy) is 1. The molecular formula is C13H16Cl2O2. The predicted molar refractivity (Wildman–Crippen MR) is 69.8 cm³/mol. The quantitative estimate of drug-likeness (QED) is 0.895. The van der Waals surface area contributed by atoms with E-state index >= 15 is 0 Å². The minimum absolute atomic E-state index is 0.0787. The lowest BCUT2D eigenvalue weighted by Crippen LogP contribution is -2.41. The fourth-order valence-corrected chi connectivity index (χ4v) is 2.87. The van der Waals surface area contributed by atoms with E-state index in [-0.39, 0.29) is 6.10 Å². The largest absolute Gasteiger partial charge is 0.389 e. The Morgan fingerprint density at radius 2 is 2.06 bits per heavy atom. The van der Waals surface area contributed by atoms with Crippen molar-refractivity contribution in [3.05, 3.63) is 33.8 Å². The Balaban J connectivity index is 2.19. The molecule has 1 aliphatic rings. The standard InChI is InChI=1S/C13H16Cl2O2/c1-9-7-13(16,5-6-17-9)8-10-11(14)3-2-4-12(10)15/h2-4,9,16H,5-8H2,1H3. The maximum atomic E-state index is 10.5. The molecule has 0 radical (unpaired) electrons. The first-order valence-corrected chi connectivity index (χ1v) is 6.53. The van der Waals surface area contributed by atoms with Gasteiger partial charge in [0.2, 0.25) is 0 Å². The van der Waals surface area contributed by atoms with E-state index in [1.54, 1.807) is 12.1 Å². The van der Waals surface area contributed by atoms with Crippen LogP contribution < -0.4 is 0 Å². The molecule has 0 saturated carbocycles. The number of aliphatic hydroxyl groups is 1. The molecule has 2 unspecified atom stereocenters. The highest BCUT2D eigenvalue weighted by molar-refractivity contribution is 6.36. The summed E-state index contributed by atoms with van der Waals surface area (Å²) in [4.78, 5) is 0. The van der Waals surface area contributed by atoms with Crippen molar-refractivity contribution in [3.63, 3.8) is 0 Å². The number of hydrogen-bond acceptors (Lipinski definition) is 2. The van der Waals surface area contributed by atoms with E-state index in [0.29, 0.717) is 35.9 Å². The Labute approximate surface area is 111 Å². The second kappa shape index (κ2) is 5.15. The second-order valence-electron chi connectivity index (χ2n) is 4.74. The molecule has 0 bridgehead atoms. The highest BCUT2D eigenvalue weighted by Gasteiger charge is 2.34. The van der Waals surface area contributed by atoms with Crippen LogP contribution in [0.1, 0.15) is 25.3 Å². The molecule has 0 aromatic heterocycles. The van der Waals surface area contributed by atoms with Crippen molar-refractivity contribution < 1.29 is 9.84 Å². The molecule has 94 valence electrons. The number of hydrogen-bond donors (Lipinski definition) is 1. The Morgan fingerprint density at radius 3 is 2.65 bits per heavy atom. The van der Waals surface area contributed by atoms with Gasteiger partial charge in [-0.2, -0.15) is 0 Å². The summed E-state index contributed by atoms with van der Waals surface area (Å²) in [6, 6.07) is 5.41. The predicted octanol–water partition coefficient (Wildman–Crippen LogP) is 3.47. The first-order valence-electron chi connectivity index (χ1n) is 5.77. The summed E-state index contributed by atoms with van der Waals surface area (Å²) in [6.45, 7) is 2.55. The van der Waals surface area contributed by atoms with Gasteiger partial charge in [-0.05, 0) is 31.0 Å². The van der Waals surface area contributed by atoms with Gasteiger partial charge in [0.1, 0.15) is 0 Å². The van der Waals surface area contributed by atoms with Gasteiger partial charge in [-0.3, -0.25) is 0 Å². The number of rotatable bonds is 2. The molecule has 0 spiro atoms. The molecule has 1 fully saturated rings.